The van der Waals surface area contributed by atoms with Crippen LogP contribution in [0.2, 0.25) is 4.34 Å². The van der Waals surface area contributed by atoms with E-state index in [0.717, 1.165) is 16.4 Å². The summed E-state index contributed by atoms with van der Waals surface area (Å²) in [7, 11) is 1.97. The summed E-state index contributed by atoms with van der Waals surface area (Å²) in [4.78, 5) is 13.8. The van der Waals surface area contributed by atoms with Crippen molar-refractivity contribution >= 4 is 44.6 Å². The van der Waals surface area contributed by atoms with Gasteiger partial charge in [0.2, 0.25) is 0 Å². The normalized spacial score (nSPS) is 11.0. The minimum absolute atomic E-state index is 0.0927. The summed E-state index contributed by atoms with van der Waals surface area (Å²) in [5.41, 5.74) is 0.986. The van der Waals surface area contributed by atoms with E-state index in [1.54, 1.807) is 17.4 Å². The summed E-state index contributed by atoms with van der Waals surface area (Å²) in [6, 6.07) is 8.94. The van der Waals surface area contributed by atoms with E-state index in [1.165, 1.54) is 10.9 Å². The summed E-state index contributed by atoms with van der Waals surface area (Å²) in [6.07, 6.45) is 0. The molecule has 0 unspecified atom stereocenters. The molecule has 7 heteroatoms. The minimum Gasteiger partial charge on any atom is -0.297 e. The summed E-state index contributed by atoms with van der Waals surface area (Å²) < 4.78 is 1.31. The van der Waals surface area contributed by atoms with Crippen LogP contribution in [0, 0.1) is 10.1 Å². The van der Waals surface area contributed by atoms with Gasteiger partial charge in [-0.1, -0.05) is 23.7 Å². The van der Waals surface area contributed by atoms with Crippen LogP contribution in [0.1, 0.15) is 10.4 Å². The van der Waals surface area contributed by atoms with Crippen LogP contribution in [-0.4, -0.2) is 16.9 Å². The molecule has 0 atom stereocenters. The van der Waals surface area contributed by atoms with Crippen LogP contribution in [0.3, 0.4) is 0 Å². The first-order valence-corrected chi connectivity index (χ1v) is 7.80. The second-order valence-electron chi connectivity index (χ2n) is 4.39. The number of nitro benzene ring substituents is 1. The fraction of sp³-hybridized carbons (Fsp3) is 0.231. The highest BCUT2D eigenvalue weighted by molar-refractivity contribution is 9.10. The zero-order chi connectivity index (χ0) is 14.7. The van der Waals surface area contributed by atoms with E-state index in [9.17, 15) is 10.1 Å². The third-order valence-corrected chi connectivity index (χ3v) is 4.88. The predicted molar refractivity (Wildman–Crippen MR) is 85.3 cm³/mol. The number of nitro groups is 1. The Morgan fingerprint density at radius 1 is 1.35 bits per heavy atom. The molecule has 0 aliphatic rings. The summed E-state index contributed by atoms with van der Waals surface area (Å²) >= 11 is 10.8. The molecule has 1 heterocycles. The standard InChI is InChI=1S/C13H12BrClN2O2S/c1-16(8-10-5-6-12(15)20-10)7-9-3-2-4-11(13(9)14)17(18)19/h2-6H,7-8H2,1H3. The van der Waals surface area contributed by atoms with Gasteiger partial charge in [-0.25, -0.2) is 0 Å². The average molecular weight is 376 g/mol. The van der Waals surface area contributed by atoms with Crippen molar-refractivity contribution in [2.45, 2.75) is 13.1 Å². The van der Waals surface area contributed by atoms with Gasteiger partial charge in [0.25, 0.3) is 5.69 Å². The van der Waals surface area contributed by atoms with Gasteiger partial charge >= 0.3 is 0 Å². The van der Waals surface area contributed by atoms with Crippen LogP contribution in [0.15, 0.2) is 34.8 Å². The predicted octanol–water partition coefficient (Wildman–Crippen LogP) is 4.70. The molecule has 0 saturated heterocycles. The number of thiophene rings is 1. The van der Waals surface area contributed by atoms with Gasteiger partial charge in [0, 0.05) is 24.0 Å². The molecule has 0 amide bonds. The highest BCUT2D eigenvalue weighted by Gasteiger charge is 2.15. The van der Waals surface area contributed by atoms with Gasteiger partial charge in [0.05, 0.1) is 13.7 Å². The summed E-state index contributed by atoms with van der Waals surface area (Å²) in [5.74, 6) is 0. The van der Waals surface area contributed by atoms with E-state index in [-0.39, 0.29) is 10.6 Å². The fourth-order valence-electron chi connectivity index (χ4n) is 1.88. The van der Waals surface area contributed by atoms with E-state index in [1.807, 2.05) is 25.2 Å². The highest BCUT2D eigenvalue weighted by atomic mass is 79.9. The van der Waals surface area contributed by atoms with Gasteiger partial charge < -0.3 is 0 Å². The average Bonchev–Trinajstić information content (AvgIpc) is 2.77. The van der Waals surface area contributed by atoms with Gasteiger partial charge in [-0.2, -0.15) is 0 Å². The van der Waals surface area contributed by atoms with Crippen LogP contribution in [0.25, 0.3) is 0 Å². The smallest absolute Gasteiger partial charge is 0.283 e. The molecule has 1 aromatic carbocycles. The molecule has 4 nitrogen and oxygen atoms in total. The Hall–Kier alpha value is -0.950. The number of benzene rings is 1. The molecule has 0 fully saturated rings. The van der Waals surface area contributed by atoms with Gasteiger partial charge in [-0.05, 0) is 40.7 Å². The molecule has 20 heavy (non-hydrogen) atoms. The molecule has 0 saturated carbocycles. The molecule has 0 bridgehead atoms. The van der Waals surface area contributed by atoms with Crippen molar-refractivity contribution in [2.24, 2.45) is 0 Å². The quantitative estimate of drug-likeness (QED) is 0.562. The molecule has 106 valence electrons. The zero-order valence-corrected chi connectivity index (χ0v) is 13.8. The number of hydrogen-bond donors (Lipinski definition) is 0. The van der Waals surface area contributed by atoms with Crippen LogP contribution < -0.4 is 0 Å². The Morgan fingerprint density at radius 2 is 2.10 bits per heavy atom. The third kappa shape index (κ3) is 3.79. The zero-order valence-electron chi connectivity index (χ0n) is 10.7. The van der Waals surface area contributed by atoms with Crippen molar-refractivity contribution in [3.05, 3.63) is 59.7 Å². The Morgan fingerprint density at radius 3 is 2.70 bits per heavy atom. The topological polar surface area (TPSA) is 46.4 Å². The summed E-state index contributed by atoms with van der Waals surface area (Å²) in [5, 5.41) is 10.9. The maximum Gasteiger partial charge on any atom is 0.283 e. The fourth-order valence-corrected chi connectivity index (χ4v) is 3.58. The molecule has 2 rings (SSSR count). The molecular weight excluding hydrogens is 364 g/mol. The van der Waals surface area contributed by atoms with Crippen LogP contribution >= 0.6 is 38.9 Å². The second kappa shape index (κ2) is 6.67. The van der Waals surface area contributed by atoms with Gasteiger partial charge in [-0.15, -0.1) is 11.3 Å². The maximum atomic E-state index is 10.9. The molecule has 2 aromatic rings. The molecular formula is C13H12BrClN2O2S. The summed E-state index contributed by atoms with van der Waals surface area (Å²) in [6.45, 7) is 1.38. The van der Waals surface area contributed by atoms with E-state index in [0.29, 0.717) is 11.0 Å². The first kappa shape index (κ1) is 15.4. The molecule has 0 aliphatic heterocycles. The Bertz CT molecular complexity index is 633. The lowest BCUT2D eigenvalue weighted by Crippen LogP contribution is -2.17. The monoisotopic (exact) mass is 374 g/mol. The maximum absolute atomic E-state index is 10.9. The SMILES string of the molecule is CN(Cc1ccc(Cl)s1)Cc1cccc([N+](=O)[O-])c1Br. The Balaban J connectivity index is 2.09. The molecule has 1 aromatic heterocycles. The lowest BCUT2D eigenvalue weighted by molar-refractivity contribution is -0.385. The van der Waals surface area contributed by atoms with E-state index in [2.05, 4.69) is 20.8 Å². The van der Waals surface area contributed by atoms with Crippen LogP contribution in [0.5, 0.6) is 0 Å². The van der Waals surface area contributed by atoms with Gasteiger partial charge in [0.15, 0.2) is 0 Å². The third-order valence-electron chi connectivity index (χ3n) is 2.75. The minimum atomic E-state index is -0.382. The molecule has 0 radical (unpaired) electrons. The number of nitrogens with zero attached hydrogens (tertiary/aromatic N) is 2. The Labute approximate surface area is 134 Å². The number of rotatable bonds is 5. The van der Waals surface area contributed by atoms with Crippen LogP contribution in [0.4, 0.5) is 5.69 Å². The van der Waals surface area contributed by atoms with Crippen LogP contribution in [-0.2, 0) is 13.1 Å². The molecule has 0 N–H and O–H groups in total. The van der Waals surface area contributed by atoms with Gasteiger partial charge in [-0.3, -0.25) is 15.0 Å². The first-order chi connectivity index (χ1) is 9.47. The largest absolute Gasteiger partial charge is 0.297 e. The molecule has 0 aliphatic carbocycles. The van der Waals surface area contributed by atoms with Crippen molar-refractivity contribution in [1.82, 2.24) is 4.90 Å². The molecule has 0 spiro atoms. The van der Waals surface area contributed by atoms with Crippen molar-refractivity contribution in [2.75, 3.05) is 7.05 Å². The number of halogens is 2. The van der Waals surface area contributed by atoms with Crippen molar-refractivity contribution in [1.29, 1.82) is 0 Å². The lowest BCUT2D eigenvalue weighted by Gasteiger charge is -2.16. The van der Waals surface area contributed by atoms with Gasteiger partial charge in [0.1, 0.15) is 0 Å². The van der Waals surface area contributed by atoms with E-state index < -0.39 is 0 Å². The highest BCUT2D eigenvalue weighted by Crippen LogP contribution is 2.29. The Kier molecular flexibility index (Phi) is 5.15. The van der Waals surface area contributed by atoms with Crippen molar-refractivity contribution in [3.63, 3.8) is 0 Å². The lowest BCUT2D eigenvalue weighted by atomic mass is 10.2. The number of hydrogen-bond acceptors (Lipinski definition) is 4. The van der Waals surface area contributed by atoms with Crippen molar-refractivity contribution < 1.29 is 4.92 Å². The van der Waals surface area contributed by atoms with Crippen molar-refractivity contribution in [3.8, 4) is 0 Å². The second-order valence-corrected chi connectivity index (χ2v) is 6.98. The van der Waals surface area contributed by atoms with E-state index in [4.69, 9.17) is 11.6 Å². The van der Waals surface area contributed by atoms with E-state index >= 15 is 0 Å². The first-order valence-electron chi connectivity index (χ1n) is 5.82.